The fourth-order valence-electron chi connectivity index (χ4n) is 2.95. The topological polar surface area (TPSA) is 114 Å². The summed E-state index contributed by atoms with van der Waals surface area (Å²) in [5.74, 6) is -2.09. The van der Waals surface area contributed by atoms with Crippen LogP contribution >= 0.6 is 11.6 Å². The maximum absolute atomic E-state index is 11.6. The number of nitro groups is 1. The average Bonchev–Trinajstić information content (AvgIpc) is 2.90. The van der Waals surface area contributed by atoms with Crippen molar-refractivity contribution >= 4 is 29.2 Å². The minimum atomic E-state index is -1.13. The summed E-state index contributed by atoms with van der Waals surface area (Å²) in [6.07, 6.45) is 0. The number of ether oxygens (including phenoxy) is 2. The molecule has 2 bridgehead atoms. The van der Waals surface area contributed by atoms with E-state index >= 15 is 0 Å². The lowest BCUT2D eigenvalue weighted by Gasteiger charge is -2.08. The highest BCUT2D eigenvalue weighted by Crippen LogP contribution is 2.32. The van der Waals surface area contributed by atoms with Crippen molar-refractivity contribution in [1.29, 1.82) is 0 Å². The van der Waals surface area contributed by atoms with Crippen LogP contribution in [0.4, 0.5) is 5.69 Å². The van der Waals surface area contributed by atoms with Crippen LogP contribution in [0.5, 0.6) is 11.9 Å². The van der Waals surface area contributed by atoms with E-state index in [4.69, 9.17) is 21.1 Å². The Labute approximate surface area is 168 Å². The van der Waals surface area contributed by atoms with Gasteiger partial charge in [0.25, 0.3) is 5.69 Å². The summed E-state index contributed by atoms with van der Waals surface area (Å²) in [6.45, 7) is 1.88. The van der Waals surface area contributed by atoms with Gasteiger partial charge in [-0.05, 0) is 29.7 Å². The number of benzene rings is 2. The molecule has 1 aliphatic heterocycles. The molecule has 1 aromatic heterocycles. The Morgan fingerprint density at radius 2 is 1.72 bits per heavy atom. The number of aromatic nitrogens is 2. The smallest absolute Gasteiger partial charge is 0.399 e. The summed E-state index contributed by atoms with van der Waals surface area (Å²) in [5.41, 5.74) is 2.47. The van der Waals surface area contributed by atoms with Gasteiger partial charge in [-0.1, -0.05) is 41.9 Å². The van der Waals surface area contributed by atoms with E-state index in [-0.39, 0.29) is 29.1 Å². The molecule has 0 amide bonds. The number of fused-ring (bicyclic) bond motifs is 2. The van der Waals surface area contributed by atoms with Crippen molar-refractivity contribution in [2.45, 2.75) is 13.5 Å². The number of halogens is 1. The molecule has 0 spiro atoms. The Morgan fingerprint density at radius 3 is 2.41 bits per heavy atom. The van der Waals surface area contributed by atoms with Gasteiger partial charge < -0.3 is 9.47 Å². The number of aryl methyl sites for hydroxylation is 1. The quantitative estimate of drug-likeness (QED) is 0.279. The summed E-state index contributed by atoms with van der Waals surface area (Å²) in [6, 6.07) is 11.8. The predicted octanol–water partition coefficient (Wildman–Crippen LogP) is 3.29. The van der Waals surface area contributed by atoms with Crippen molar-refractivity contribution in [2.24, 2.45) is 0 Å². The van der Waals surface area contributed by atoms with E-state index in [1.165, 1.54) is 16.7 Å². The minimum absolute atomic E-state index is 0.0225. The van der Waals surface area contributed by atoms with E-state index in [0.717, 1.165) is 11.1 Å². The molecule has 2 aromatic carbocycles. The second-order valence-electron chi connectivity index (χ2n) is 6.27. The van der Waals surface area contributed by atoms with Crippen LogP contribution in [0.15, 0.2) is 42.5 Å². The van der Waals surface area contributed by atoms with Gasteiger partial charge in [0, 0.05) is 6.07 Å². The predicted molar refractivity (Wildman–Crippen MR) is 101 cm³/mol. The standard InChI is InChI=1S/C19H12ClN3O6/c1-10-16-22(19(21-10)29-18(25)17(24)28-16)9-11-2-4-12(5-3-11)13-6-7-14(20)15(8-13)23(26)27/h2-8H,9H2,1H3. The first-order valence-electron chi connectivity index (χ1n) is 8.38. The van der Waals surface area contributed by atoms with Crippen molar-refractivity contribution in [3.8, 4) is 23.0 Å². The fraction of sp³-hybridized carbons (Fsp3) is 0.105. The maximum Gasteiger partial charge on any atom is 0.425 e. The van der Waals surface area contributed by atoms with Gasteiger partial charge in [0.1, 0.15) is 10.7 Å². The number of rotatable bonds is 4. The van der Waals surface area contributed by atoms with Gasteiger partial charge in [0.2, 0.25) is 5.88 Å². The Hall–Kier alpha value is -3.72. The number of esters is 2. The molecular weight excluding hydrogens is 402 g/mol. The lowest BCUT2D eigenvalue weighted by atomic mass is 10.0. The van der Waals surface area contributed by atoms with Gasteiger partial charge in [-0.25, -0.2) is 9.59 Å². The second-order valence-corrected chi connectivity index (χ2v) is 6.68. The van der Waals surface area contributed by atoms with Crippen LogP contribution in [0.2, 0.25) is 5.02 Å². The molecule has 0 fully saturated rings. The molecule has 10 heteroatoms. The van der Waals surface area contributed by atoms with Gasteiger partial charge >= 0.3 is 17.9 Å². The normalized spacial score (nSPS) is 12.9. The third kappa shape index (κ3) is 3.43. The SMILES string of the molecule is Cc1nc2n(Cc3ccc(-c4ccc(Cl)c([N+](=O)[O-])c4)cc3)c1OC(=O)C(=O)O2. The zero-order valence-corrected chi connectivity index (χ0v) is 15.7. The van der Waals surface area contributed by atoms with Crippen molar-refractivity contribution in [3.63, 3.8) is 0 Å². The average molecular weight is 414 g/mol. The number of carbonyl (C=O) groups is 2. The Bertz CT molecular complexity index is 1170. The van der Waals surface area contributed by atoms with E-state index < -0.39 is 16.9 Å². The van der Waals surface area contributed by atoms with Crippen LogP contribution in [0.25, 0.3) is 11.1 Å². The summed E-state index contributed by atoms with van der Waals surface area (Å²) >= 11 is 5.86. The largest absolute Gasteiger partial charge is 0.425 e. The number of nitrogens with zero attached hydrogens (tertiary/aromatic N) is 3. The molecule has 9 nitrogen and oxygen atoms in total. The summed E-state index contributed by atoms with van der Waals surface area (Å²) < 4.78 is 11.5. The molecular formula is C19H12ClN3O6. The van der Waals surface area contributed by atoms with E-state index in [1.54, 1.807) is 37.3 Å². The zero-order chi connectivity index (χ0) is 20.7. The Morgan fingerprint density at radius 1 is 1.07 bits per heavy atom. The molecule has 0 N–H and O–H groups in total. The maximum atomic E-state index is 11.6. The lowest BCUT2D eigenvalue weighted by Crippen LogP contribution is -2.25. The van der Waals surface area contributed by atoms with Gasteiger partial charge in [-0.15, -0.1) is 0 Å². The molecule has 0 aliphatic carbocycles. The van der Waals surface area contributed by atoms with Crippen LogP contribution in [-0.2, 0) is 16.1 Å². The molecule has 3 aromatic rings. The summed E-state index contributed by atoms with van der Waals surface area (Å²) in [5, 5.41) is 11.1. The number of nitro benzene ring substituents is 1. The fourth-order valence-corrected chi connectivity index (χ4v) is 3.14. The van der Waals surface area contributed by atoms with Crippen molar-refractivity contribution in [2.75, 3.05) is 0 Å². The summed E-state index contributed by atoms with van der Waals surface area (Å²) in [7, 11) is 0. The number of hydrogen-bond donors (Lipinski definition) is 0. The third-order valence-electron chi connectivity index (χ3n) is 4.36. The van der Waals surface area contributed by atoms with Crippen LogP contribution in [0.3, 0.4) is 0 Å². The molecule has 0 unspecified atom stereocenters. The number of hydrogen-bond acceptors (Lipinski definition) is 7. The Kier molecular flexibility index (Phi) is 4.51. The first-order chi connectivity index (χ1) is 13.8. The number of imidazole rings is 1. The molecule has 1 aliphatic rings. The van der Waals surface area contributed by atoms with E-state index in [1.807, 2.05) is 0 Å². The molecule has 0 atom stereocenters. The molecule has 2 heterocycles. The molecule has 4 rings (SSSR count). The highest BCUT2D eigenvalue weighted by atomic mass is 35.5. The third-order valence-corrected chi connectivity index (χ3v) is 4.68. The van der Waals surface area contributed by atoms with Crippen molar-refractivity contribution < 1.29 is 24.0 Å². The first-order valence-corrected chi connectivity index (χ1v) is 8.75. The monoisotopic (exact) mass is 413 g/mol. The number of carbonyl (C=O) groups excluding carboxylic acids is 2. The molecule has 0 saturated carbocycles. The van der Waals surface area contributed by atoms with Gasteiger partial charge in [0.15, 0.2) is 0 Å². The van der Waals surface area contributed by atoms with Crippen LogP contribution in [0, 0.1) is 17.0 Å². The van der Waals surface area contributed by atoms with Gasteiger partial charge in [0.05, 0.1) is 11.5 Å². The first kappa shape index (κ1) is 18.6. The van der Waals surface area contributed by atoms with E-state index in [2.05, 4.69) is 4.98 Å². The summed E-state index contributed by atoms with van der Waals surface area (Å²) in [4.78, 5) is 37.7. The van der Waals surface area contributed by atoms with E-state index in [0.29, 0.717) is 11.3 Å². The molecule has 146 valence electrons. The van der Waals surface area contributed by atoms with Crippen LogP contribution in [-0.4, -0.2) is 26.4 Å². The van der Waals surface area contributed by atoms with Gasteiger partial charge in [-0.3, -0.25) is 14.7 Å². The molecule has 0 saturated heterocycles. The van der Waals surface area contributed by atoms with Crippen molar-refractivity contribution in [3.05, 3.63) is 68.9 Å². The van der Waals surface area contributed by atoms with Crippen molar-refractivity contribution in [1.82, 2.24) is 9.55 Å². The molecule has 29 heavy (non-hydrogen) atoms. The zero-order valence-electron chi connectivity index (χ0n) is 14.9. The Balaban J connectivity index is 1.63. The highest BCUT2D eigenvalue weighted by molar-refractivity contribution is 6.32. The minimum Gasteiger partial charge on any atom is -0.399 e. The van der Waals surface area contributed by atoms with E-state index in [9.17, 15) is 19.7 Å². The molecule has 0 radical (unpaired) electrons. The van der Waals surface area contributed by atoms with Gasteiger partial charge in [-0.2, -0.15) is 4.98 Å². The second kappa shape index (κ2) is 7.02. The van der Waals surface area contributed by atoms with Crippen LogP contribution < -0.4 is 9.47 Å². The lowest BCUT2D eigenvalue weighted by molar-refractivity contribution is -0.384. The highest BCUT2D eigenvalue weighted by Gasteiger charge is 2.31. The van der Waals surface area contributed by atoms with Crippen LogP contribution in [0.1, 0.15) is 11.3 Å².